The van der Waals surface area contributed by atoms with E-state index in [1.54, 1.807) is 0 Å². The molecular formula is CH6ClNO3. The van der Waals surface area contributed by atoms with Crippen molar-refractivity contribution in [2.45, 2.75) is 5.43 Å². The highest BCUT2D eigenvalue weighted by Gasteiger charge is 2.08. The monoisotopic (exact) mass is 115 g/mol. The van der Waals surface area contributed by atoms with Gasteiger partial charge in [0.05, 0.1) is 0 Å². The molecule has 0 amide bonds. The second-order valence-electron chi connectivity index (χ2n) is 0.554. The van der Waals surface area contributed by atoms with Crippen molar-refractivity contribution in [3.8, 4) is 0 Å². The molecule has 4 nitrogen and oxygen atoms in total. The zero-order valence-corrected chi connectivity index (χ0v) is 3.68. The number of aliphatic hydroxyl groups is 3. The molecule has 0 aromatic rings. The molecule has 5 heteroatoms. The molecule has 0 rings (SSSR count). The highest BCUT2D eigenvalue weighted by Crippen LogP contribution is 1.94. The van der Waals surface area contributed by atoms with Crippen molar-refractivity contribution in [1.29, 1.82) is 0 Å². The quantitative estimate of drug-likeness (QED) is 0.240. The zero-order chi connectivity index (χ0) is 4.50. The third kappa shape index (κ3) is 2390. The summed E-state index contributed by atoms with van der Waals surface area (Å²) >= 11 is 4.20. The van der Waals surface area contributed by atoms with Gasteiger partial charge in [-0.25, -0.2) is 0 Å². The molecule has 0 atom stereocenters. The Balaban J connectivity index is 0. The minimum atomic E-state index is -3.03. The highest BCUT2D eigenvalue weighted by atomic mass is 35.5. The third-order valence-corrected chi connectivity index (χ3v) is 0. The lowest BCUT2D eigenvalue weighted by molar-refractivity contribution is -0.242. The van der Waals surface area contributed by atoms with Gasteiger partial charge in [0.15, 0.2) is 0 Å². The first-order valence-corrected chi connectivity index (χ1v) is 1.24. The van der Waals surface area contributed by atoms with Gasteiger partial charge in [0.2, 0.25) is 0 Å². The molecule has 0 aliphatic rings. The van der Waals surface area contributed by atoms with E-state index in [0.717, 1.165) is 0 Å². The van der Waals surface area contributed by atoms with Crippen LogP contribution in [0.2, 0.25) is 0 Å². The van der Waals surface area contributed by atoms with Gasteiger partial charge in [0, 0.05) is 0 Å². The van der Waals surface area contributed by atoms with Crippen LogP contribution in [0.1, 0.15) is 0 Å². The average Bonchev–Trinajstić information content (AvgIpc) is 0.722. The summed E-state index contributed by atoms with van der Waals surface area (Å²) in [5.74, 6) is 0. The van der Waals surface area contributed by atoms with Gasteiger partial charge >= 0.3 is 5.43 Å². The smallest absolute Gasteiger partial charge is 0.344 e. The number of alkyl halides is 1. The van der Waals surface area contributed by atoms with Gasteiger partial charge < -0.3 is 21.5 Å². The maximum Gasteiger partial charge on any atom is 0.362 e. The van der Waals surface area contributed by atoms with Crippen molar-refractivity contribution >= 4 is 11.6 Å². The summed E-state index contributed by atoms with van der Waals surface area (Å²) in [7, 11) is 0. The molecule has 0 heterocycles. The predicted molar refractivity (Wildman–Crippen MR) is 20.3 cm³/mol. The highest BCUT2D eigenvalue weighted by molar-refractivity contribution is 6.20. The Bertz CT molecular complexity index is 26.3. The van der Waals surface area contributed by atoms with E-state index in [9.17, 15) is 0 Å². The second-order valence-corrected chi connectivity index (χ2v) is 1.06. The van der Waals surface area contributed by atoms with Crippen LogP contribution in [0.3, 0.4) is 0 Å². The molecule has 0 fully saturated rings. The van der Waals surface area contributed by atoms with Gasteiger partial charge in [0.1, 0.15) is 0 Å². The number of hydrogen-bond acceptors (Lipinski definition) is 4. The normalized spacial score (nSPS) is 10.0. The average molecular weight is 116 g/mol. The topological polar surface area (TPSA) is 95.7 Å². The van der Waals surface area contributed by atoms with Crippen LogP contribution in [0.25, 0.3) is 0 Å². The van der Waals surface area contributed by atoms with Crippen molar-refractivity contribution in [3.63, 3.8) is 0 Å². The van der Waals surface area contributed by atoms with E-state index in [2.05, 4.69) is 11.6 Å². The molecule has 0 saturated carbocycles. The van der Waals surface area contributed by atoms with E-state index >= 15 is 0 Å². The van der Waals surface area contributed by atoms with Crippen LogP contribution in [0.4, 0.5) is 0 Å². The molecule has 0 aromatic heterocycles. The fourth-order valence-electron chi connectivity index (χ4n) is 0. The summed E-state index contributed by atoms with van der Waals surface area (Å²) in [6.07, 6.45) is 0. The first-order valence-electron chi connectivity index (χ1n) is 0.860. The summed E-state index contributed by atoms with van der Waals surface area (Å²) in [6.45, 7) is 0. The third-order valence-electron chi connectivity index (χ3n) is 0. The van der Waals surface area contributed by atoms with Crippen molar-refractivity contribution in [3.05, 3.63) is 0 Å². The summed E-state index contributed by atoms with van der Waals surface area (Å²) in [5.41, 5.74) is -3.03. The van der Waals surface area contributed by atoms with E-state index in [1.165, 1.54) is 0 Å². The minimum absolute atomic E-state index is 0. The van der Waals surface area contributed by atoms with Crippen molar-refractivity contribution in [2.75, 3.05) is 0 Å². The maximum atomic E-state index is 7.40. The molecule has 0 saturated heterocycles. The van der Waals surface area contributed by atoms with E-state index in [1.807, 2.05) is 0 Å². The Kier molecular flexibility index (Phi) is 3.67. The van der Waals surface area contributed by atoms with Crippen LogP contribution in [-0.2, 0) is 0 Å². The zero-order valence-electron chi connectivity index (χ0n) is 2.93. The van der Waals surface area contributed by atoms with Crippen molar-refractivity contribution in [1.82, 2.24) is 6.15 Å². The molecule has 6 N–H and O–H groups in total. The Morgan fingerprint density at radius 1 is 1.17 bits per heavy atom. The number of halogens is 1. The molecule has 0 aromatic carbocycles. The Morgan fingerprint density at radius 3 is 1.17 bits per heavy atom. The van der Waals surface area contributed by atoms with E-state index in [0.29, 0.717) is 0 Å². The SMILES string of the molecule is N.OC(O)(O)Cl. The fraction of sp³-hybridized carbons (Fsp3) is 1.00. The molecule has 40 valence electrons. The summed E-state index contributed by atoms with van der Waals surface area (Å²) < 4.78 is 0. The van der Waals surface area contributed by atoms with Crippen molar-refractivity contribution in [2.24, 2.45) is 0 Å². The second kappa shape index (κ2) is 2.33. The van der Waals surface area contributed by atoms with Crippen LogP contribution in [0.5, 0.6) is 0 Å². The fourth-order valence-corrected chi connectivity index (χ4v) is 0. The van der Waals surface area contributed by atoms with Crippen LogP contribution < -0.4 is 6.15 Å². The Labute approximate surface area is 39.6 Å². The largest absolute Gasteiger partial charge is 0.362 e. The van der Waals surface area contributed by atoms with Gasteiger partial charge in [-0.1, -0.05) is 0 Å². The lowest BCUT2D eigenvalue weighted by Crippen LogP contribution is -2.16. The summed E-state index contributed by atoms with van der Waals surface area (Å²) in [5, 5.41) is 22.2. The molecule has 0 radical (unpaired) electrons. The lowest BCUT2D eigenvalue weighted by atomic mass is 11.3. The molecule has 0 aliphatic carbocycles. The van der Waals surface area contributed by atoms with Crippen molar-refractivity contribution < 1.29 is 15.3 Å². The predicted octanol–water partition coefficient (Wildman–Crippen LogP) is -1.02. The molecule has 0 bridgehead atoms. The standard InChI is InChI=1S/CH3ClO3.H3N/c2-1(3,4)5;/h3-5H;1H3. The van der Waals surface area contributed by atoms with E-state index in [-0.39, 0.29) is 6.15 Å². The minimum Gasteiger partial charge on any atom is -0.344 e. The summed E-state index contributed by atoms with van der Waals surface area (Å²) in [6, 6.07) is 0. The molecule has 0 aliphatic heterocycles. The molecule has 6 heavy (non-hydrogen) atoms. The van der Waals surface area contributed by atoms with E-state index in [4.69, 9.17) is 15.3 Å². The Hall–Kier alpha value is 0.130. The van der Waals surface area contributed by atoms with Crippen LogP contribution in [-0.4, -0.2) is 20.8 Å². The lowest BCUT2D eigenvalue weighted by Gasteiger charge is -1.97. The first-order chi connectivity index (χ1) is 2.00. The first kappa shape index (κ1) is 9.46. The number of hydrogen-bond donors (Lipinski definition) is 4. The van der Waals surface area contributed by atoms with Gasteiger partial charge in [-0.05, 0) is 11.6 Å². The molecule has 0 spiro atoms. The van der Waals surface area contributed by atoms with Gasteiger partial charge in [-0.15, -0.1) is 0 Å². The maximum absolute atomic E-state index is 7.40. The molecular weight excluding hydrogens is 109 g/mol. The molecule has 0 unspecified atom stereocenters. The van der Waals surface area contributed by atoms with Gasteiger partial charge in [0.25, 0.3) is 0 Å². The Morgan fingerprint density at radius 2 is 1.17 bits per heavy atom. The van der Waals surface area contributed by atoms with Gasteiger partial charge in [-0.2, -0.15) is 0 Å². The van der Waals surface area contributed by atoms with Crippen LogP contribution >= 0.6 is 11.6 Å². The van der Waals surface area contributed by atoms with Crippen LogP contribution in [0.15, 0.2) is 0 Å². The van der Waals surface area contributed by atoms with Crippen LogP contribution in [0, 0.1) is 0 Å². The number of rotatable bonds is 0. The van der Waals surface area contributed by atoms with E-state index < -0.39 is 5.43 Å². The summed E-state index contributed by atoms with van der Waals surface area (Å²) in [4.78, 5) is 0. The van der Waals surface area contributed by atoms with Gasteiger partial charge in [-0.3, -0.25) is 0 Å².